The minimum atomic E-state index is -0.208. The number of benzene rings is 1. The molecule has 112 valence electrons. The molecule has 0 spiro atoms. The Balaban J connectivity index is 1.87. The van der Waals surface area contributed by atoms with Crippen LogP contribution < -0.4 is 0 Å². The SMILES string of the molecule is COC(=O)N1CC(C)CC1Cc1c[nH]c2ccc(C)cc12. The summed E-state index contributed by atoms with van der Waals surface area (Å²) in [6.07, 6.45) is 3.78. The number of amides is 1. The molecule has 4 heteroatoms. The van der Waals surface area contributed by atoms with E-state index in [1.165, 1.54) is 23.6 Å². The molecule has 1 saturated heterocycles. The molecule has 1 fully saturated rings. The number of likely N-dealkylation sites (tertiary alicyclic amines) is 1. The second-order valence-electron chi connectivity index (χ2n) is 6.18. The number of nitrogens with zero attached hydrogens (tertiary/aromatic N) is 1. The molecule has 1 amide bonds. The number of carbonyl (C=O) groups excluding carboxylic acids is 1. The van der Waals surface area contributed by atoms with E-state index in [1.807, 2.05) is 4.90 Å². The van der Waals surface area contributed by atoms with Crippen molar-refractivity contribution in [1.29, 1.82) is 0 Å². The summed E-state index contributed by atoms with van der Waals surface area (Å²) < 4.78 is 4.92. The van der Waals surface area contributed by atoms with Crippen LogP contribution in [0.15, 0.2) is 24.4 Å². The number of methoxy groups -OCH3 is 1. The third-order valence-corrected chi connectivity index (χ3v) is 4.41. The minimum Gasteiger partial charge on any atom is -0.453 e. The molecule has 2 atom stereocenters. The molecule has 0 saturated carbocycles. The van der Waals surface area contributed by atoms with Crippen LogP contribution in [0.25, 0.3) is 10.9 Å². The van der Waals surface area contributed by atoms with E-state index in [9.17, 15) is 4.79 Å². The summed E-state index contributed by atoms with van der Waals surface area (Å²) in [5, 5.41) is 1.26. The van der Waals surface area contributed by atoms with E-state index in [0.29, 0.717) is 5.92 Å². The number of fused-ring (bicyclic) bond motifs is 1. The number of rotatable bonds is 2. The Morgan fingerprint density at radius 3 is 3.05 bits per heavy atom. The first kappa shape index (κ1) is 14.0. The molecule has 21 heavy (non-hydrogen) atoms. The number of aromatic nitrogens is 1. The molecule has 2 heterocycles. The molecule has 1 aliphatic heterocycles. The number of H-pyrrole nitrogens is 1. The smallest absolute Gasteiger partial charge is 0.409 e. The number of carbonyl (C=O) groups is 1. The maximum absolute atomic E-state index is 11.9. The first-order valence-electron chi connectivity index (χ1n) is 7.49. The van der Waals surface area contributed by atoms with Gasteiger partial charge in [0.05, 0.1) is 7.11 Å². The van der Waals surface area contributed by atoms with Gasteiger partial charge in [0.1, 0.15) is 0 Å². The van der Waals surface area contributed by atoms with E-state index in [1.54, 1.807) is 0 Å². The summed E-state index contributed by atoms with van der Waals surface area (Å²) in [5.74, 6) is 0.529. The van der Waals surface area contributed by atoms with Gasteiger partial charge in [0.2, 0.25) is 0 Å². The molecular weight excluding hydrogens is 264 g/mol. The van der Waals surface area contributed by atoms with Crippen LogP contribution in [-0.2, 0) is 11.2 Å². The summed E-state index contributed by atoms with van der Waals surface area (Å²) in [7, 11) is 1.46. The third kappa shape index (κ3) is 2.62. The number of nitrogens with one attached hydrogen (secondary N) is 1. The van der Waals surface area contributed by atoms with Crippen molar-refractivity contribution in [2.24, 2.45) is 5.92 Å². The standard InChI is InChI=1S/C17H22N2O2/c1-11-4-5-16-15(7-11)13(9-18-16)8-14-6-12(2)10-19(14)17(20)21-3/h4-5,7,9,12,14,18H,6,8,10H2,1-3H3. The lowest BCUT2D eigenvalue weighted by Gasteiger charge is -2.23. The molecule has 2 aromatic rings. The van der Waals surface area contributed by atoms with Gasteiger partial charge in [0.25, 0.3) is 0 Å². The van der Waals surface area contributed by atoms with Gasteiger partial charge in [0, 0.05) is 29.7 Å². The van der Waals surface area contributed by atoms with Crippen molar-refractivity contribution in [1.82, 2.24) is 9.88 Å². The first-order chi connectivity index (χ1) is 10.1. The van der Waals surface area contributed by atoms with E-state index < -0.39 is 0 Å². The average Bonchev–Trinajstić information content (AvgIpc) is 3.02. The van der Waals surface area contributed by atoms with Gasteiger partial charge >= 0.3 is 6.09 Å². The lowest BCUT2D eigenvalue weighted by molar-refractivity contribution is 0.118. The van der Waals surface area contributed by atoms with Gasteiger partial charge in [-0.05, 0) is 43.4 Å². The summed E-state index contributed by atoms with van der Waals surface area (Å²) in [6, 6.07) is 6.67. The molecule has 1 aliphatic rings. The monoisotopic (exact) mass is 286 g/mol. The molecule has 1 aromatic carbocycles. The van der Waals surface area contributed by atoms with Gasteiger partial charge in [0.15, 0.2) is 0 Å². The van der Waals surface area contributed by atoms with Crippen molar-refractivity contribution >= 4 is 17.0 Å². The highest BCUT2D eigenvalue weighted by molar-refractivity contribution is 5.84. The van der Waals surface area contributed by atoms with Crippen molar-refractivity contribution < 1.29 is 9.53 Å². The topological polar surface area (TPSA) is 45.3 Å². The van der Waals surface area contributed by atoms with Crippen LogP contribution in [-0.4, -0.2) is 35.7 Å². The number of hydrogen-bond donors (Lipinski definition) is 1. The second kappa shape index (κ2) is 5.43. The molecule has 1 N–H and O–H groups in total. The van der Waals surface area contributed by atoms with Crippen LogP contribution in [0.1, 0.15) is 24.5 Å². The Morgan fingerprint density at radius 1 is 1.48 bits per heavy atom. The van der Waals surface area contributed by atoms with Gasteiger partial charge in [-0.1, -0.05) is 18.6 Å². The third-order valence-electron chi connectivity index (χ3n) is 4.41. The van der Waals surface area contributed by atoms with Gasteiger partial charge < -0.3 is 14.6 Å². The van der Waals surface area contributed by atoms with Crippen LogP contribution in [0.2, 0.25) is 0 Å². The minimum absolute atomic E-state index is 0.208. The van der Waals surface area contributed by atoms with E-state index in [4.69, 9.17) is 4.74 Å². The molecule has 4 nitrogen and oxygen atoms in total. The van der Waals surface area contributed by atoms with Gasteiger partial charge in [-0.3, -0.25) is 0 Å². The van der Waals surface area contributed by atoms with Crippen molar-refractivity contribution in [2.75, 3.05) is 13.7 Å². The van der Waals surface area contributed by atoms with Crippen molar-refractivity contribution in [3.8, 4) is 0 Å². The number of aromatic amines is 1. The maximum Gasteiger partial charge on any atom is 0.409 e. The quantitative estimate of drug-likeness (QED) is 0.918. The van der Waals surface area contributed by atoms with Crippen molar-refractivity contribution in [2.45, 2.75) is 32.7 Å². The van der Waals surface area contributed by atoms with E-state index in [0.717, 1.165) is 24.9 Å². The fraction of sp³-hybridized carbons (Fsp3) is 0.471. The zero-order valence-corrected chi connectivity index (χ0v) is 12.8. The van der Waals surface area contributed by atoms with Gasteiger partial charge in [-0.15, -0.1) is 0 Å². The van der Waals surface area contributed by atoms with Crippen molar-refractivity contribution in [3.05, 3.63) is 35.5 Å². The lowest BCUT2D eigenvalue weighted by Crippen LogP contribution is -2.36. The maximum atomic E-state index is 11.9. The number of ether oxygens (including phenoxy) is 1. The summed E-state index contributed by atoms with van der Waals surface area (Å²) in [5.41, 5.74) is 3.70. The Morgan fingerprint density at radius 2 is 2.29 bits per heavy atom. The van der Waals surface area contributed by atoms with E-state index in [-0.39, 0.29) is 12.1 Å². The zero-order chi connectivity index (χ0) is 15.0. The fourth-order valence-corrected chi connectivity index (χ4v) is 3.40. The largest absolute Gasteiger partial charge is 0.453 e. The summed E-state index contributed by atoms with van der Waals surface area (Å²) in [4.78, 5) is 17.1. The normalized spacial score (nSPS) is 22.0. The highest BCUT2D eigenvalue weighted by atomic mass is 16.5. The summed E-state index contributed by atoms with van der Waals surface area (Å²) >= 11 is 0. The zero-order valence-electron chi connectivity index (χ0n) is 12.8. The molecule has 0 aliphatic carbocycles. The van der Waals surface area contributed by atoms with E-state index >= 15 is 0 Å². The van der Waals surface area contributed by atoms with Crippen LogP contribution in [0, 0.1) is 12.8 Å². The molecule has 0 radical (unpaired) electrons. The fourth-order valence-electron chi connectivity index (χ4n) is 3.40. The average molecular weight is 286 g/mol. The predicted molar refractivity (Wildman–Crippen MR) is 83.4 cm³/mol. The van der Waals surface area contributed by atoms with Crippen LogP contribution in [0.5, 0.6) is 0 Å². The van der Waals surface area contributed by atoms with Crippen LogP contribution >= 0.6 is 0 Å². The summed E-state index contributed by atoms with van der Waals surface area (Å²) in [6.45, 7) is 5.09. The van der Waals surface area contributed by atoms with Gasteiger partial charge in [-0.25, -0.2) is 4.79 Å². The van der Waals surface area contributed by atoms with Crippen molar-refractivity contribution in [3.63, 3.8) is 0 Å². The molecule has 2 unspecified atom stereocenters. The lowest BCUT2D eigenvalue weighted by atomic mass is 10.00. The first-order valence-corrected chi connectivity index (χ1v) is 7.49. The highest BCUT2D eigenvalue weighted by Crippen LogP contribution is 2.29. The predicted octanol–water partition coefficient (Wildman–Crippen LogP) is 3.50. The molecular formula is C17H22N2O2. The number of aryl methyl sites for hydroxylation is 1. The molecule has 1 aromatic heterocycles. The Labute approximate surface area is 125 Å². The van der Waals surface area contributed by atoms with E-state index in [2.05, 4.69) is 43.2 Å². The number of hydrogen-bond acceptors (Lipinski definition) is 2. The molecule has 0 bridgehead atoms. The molecule has 3 rings (SSSR count). The Hall–Kier alpha value is -1.97. The van der Waals surface area contributed by atoms with Crippen LogP contribution in [0.3, 0.4) is 0 Å². The Bertz CT molecular complexity index is 662. The Kier molecular flexibility index (Phi) is 3.62. The second-order valence-corrected chi connectivity index (χ2v) is 6.18. The van der Waals surface area contributed by atoms with Crippen LogP contribution in [0.4, 0.5) is 4.79 Å². The van der Waals surface area contributed by atoms with Gasteiger partial charge in [-0.2, -0.15) is 0 Å². The highest BCUT2D eigenvalue weighted by Gasteiger charge is 2.34.